The molecule has 0 aliphatic carbocycles. The molecule has 0 aromatic carbocycles. The van der Waals surface area contributed by atoms with Gasteiger partial charge in [-0.05, 0) is 26.2 Å². The molecule has 0 spiro atoms. The van der Waals surface area contributed by atoms with Gasteiger partial charge < -0.3 is 24.7 Å². The van der Waals surface area contributed by atoms with Crippen molar-refractivity contribution in [1.82, 2.24) is 20.4 Å². The highest BCUT2D eigenvalue weighted by atomic mass is 16.5. The summed E-state index contributed by atoms with van der Waals surface area (Å²) in [7, 11) is 5.79. The fourth-order valence-electron chi connectivity index (χ4n) is 2.59. The molecule has 2 atom stereocenters. The Morgan fingerprint density at radius 2 is 2.32 bits per heavy atom. The van der Waals surface area contributed by atoms with Gasteiger partial charge in [-0.2, -0.15) is 0 Å². The Morgan fingerprint density at radius 3 is 3.00 bits per heavy atom. The van der Waals surface area contributed by atoms with Gasteiger partial charge in [0.1, 0.15) is 11.8 Å². The van der Waals surface area contributed by atoms with Crippen LogP contribution in [0.5, 0.6) is 0 Å². The molecule has 1 fully saturated rings. The number of furan rings is 1. The van der Waals surface area contributed by atoms with Crippen molar-refractivity contribution in [2.24, 2.45) is 0 Å². The molecular formula is C15H26N4O3. The standard InChI is InChI=1S/C15H26N4O3/c1-18-6-7-19(2)12(10-18)9-16-15(20)17-13(11-21-3)14-5-4-8-22-14/h4-5,8,12-13H,6-7,9-11H2,1-3H3,(H2,16,17,20)/t12-,13-/m0/s1. The van der Waals surface area contributed by atoms with E-state index in [9.17, 15) is 4.79 Å². The summed E-state index contributed by atoms with van der Waals surface area (Å²) in [5.41, 5.74) is 0. The van der Waals surface area contributed by atoms with Gasteiger partial charge in [-0.1, -0.05) is 0 Å². The number of rotatable bonds is 6. The molecule has 1 aliphatic heterocycles. The van der Waals surface area contributed by atoms with Crippen molar-refractivity contribution in [3.8, 4) is 0 Å². The van der Waals surface area contributed by atoms with Crippen molar-refractivity contribution in [2.75, 3.05) is 54.0 Å². The Labute approximate surface area is 131 Å². The number of piperazine rings is 1. The summed E-state index contributed by atoms with van der Waals surface area (Å²) in [6.45, 7) is 4.02. The highest BCUT2D eigenvalue weighted by Gasteiger charge is 2.23. The van der Waals surface area contributed by atoms with Crippen LogP contribution < -0.4 is 10.6 Å². The Hall–Kier alpha value is -1.57. The first-order valence-corrected chi connectivity index (χ1v) is 7.55. The lowest BCUT2D eigenvalue weighted by molar-refractivity contribution is 0.113. The second-order valence-corrected chi connectivity index (χ2v) is 5.77. The van der Waals surface area contributed by atoms with Crippen molar-refractivity contribution < 1.29 is 13.9 Å². The van der Waals surface area contributed by atoms with E-state index in [1.807, 2.05) is 6.07 Å². The zero-order chi connectivity index (χ0) is 15.9. The fraction of sp³-hybridized carbons (Fsp3) is 0.667. The molecule has 2 heterocycles. The smallest absolute Gasteiger partial charge is 0.315 e. The average molecular weight is 310 g/mol. The van der Waals surface area contributed by atoms with Gasteiger partial charge in [0.15, 0.2) is 0 Å². The molecule has 22 heavy (non-hydrogen) atoms. The number of carbonyl (C=O) groups is 1. The van der Waals surface area contributed by atoms with E-state index in [1.54, 1.807) is 19.4 Å². The minimum absolute atomic E-state index is 0.208. The third kappa shape index (κ3) is 4.72. The third-order valence-corrected chi connectivity index (χ3v) is 4.00. The van der Waals surface area contributed by atoms with Crippen molar-refractivity contribution in [3.63, 3.8) is 0 Å². The molecule has 1 aromatic heterocycles. The first-order chi connectivity index (χ1) is 10.6. The summed E-state index contributed by atoms with van der Waals surface area (Å²) in [6.07, 6.45) is 1.59. The molecule has 124 valence electrons. The van der Waals surface area contributed by atoms with Crippen LogP contribution >= 0.6 is 0 Å². The summed E-state index contributed by atoms with van der Waals surface area (Å²) in [5, 5.41) is 5.82. The number of nitrogens with one attached hydrogen (secondary N) is 2. The maximum absolute atomic E-state index is 12.1. The minimum atomic E-state index is -0.285. The van der Waals surface area contributed by atoms with E-state index < -0.39 is 0 Å². The molecule has 0 bridgehead atoms. The Bertz CT molecular complexity index is 452. The molecule has 1 saturated heterocycles. The summed E-state index contributed by atoms with van der Waals surface area (Å²) in [5.74, 6) is 0.687. The SMILES string of the molecule is COC[C@H](NC(=O)NC[C@H]1CN(C)CCN1C)c1ccco1. The van der Waals surface area contributed by atoms with Crippen LogP contribution in [0.25, 0.3) is 0 Å². The molecule has 0 radical (unpaired) electrons. The van der Waals surface area contributed by atoms with Crippen molar-refractivity contribution in [1.29, 1.82) is 0 Å². The molecule has 2 amide bonds. The summed E-state index contributed by atoms with van der Waals surface area (Å²) in [4.78, 5) is 16.7. The third-order valence-electron chi connectivity index (χ3n) is 4.00. The molecule has 1 aromatic rings. The molecular weight excluding hydrogens is 284 g/mol. The number of amides is 2. The number of nitrogens with zero attached hydrogens (tertiary/aromatic N) is 2. The van der Waals surface area contributed by atoms with E-state index in [0.717, 1.165) is 19.6 Å². The van der Waals surface area contributed by atoms with Gasteiger partial charge >= 0.3 is 6.03 Å². The van der Waals surface area contributed by atoms with E-state index in [0.29, 0.717) is 25.0 Å². The number of ether oxygens (including phenoxy) is 1. The predicted octanol–water partition coefficient (Wildman–Crippen LogP) is 0.512. The maximum atomic E-state index is 12.1. The largest absolute Gasteiger partial charge is 0.467 e. The first kappa shape index (κ1) is 16.8. The number of hydrogen-bond acceptors (Lipinski definition) is 5. The quantitative estimate of drug-likeness (QED) is 0.801. The van der Waals surface area contributed by atoms with E-state index in [4.69, 9.17) is 9.15 Å². The van der Waals surface area contributed by atoms with Crippen LogP contribution in [0.15, 0.2) is 22.8 Å². The summed E-state index contributed by atoms with van der Waals surface area (Å²) < 4.78 is 10.5. The van der Waals surface area contributed by atoms with E-state index in [-0.39, 0.29) is 12.1 Å². The molecule has 7 heteroatoms. The van der Waals surface area contributed by atoms with E-state index in [2.05, 4.69) is 34.5 Å². The Kier molecular flexibility index (Phi) is 6.23. The second-order valence-electron chi connectivity index (χ2n) is 5.77. The minimum Gasteiger partial charge on any atom is -0.467 e. The van der Waals surface area contributed by atoms with Crippen molar-refractivity contribution >= 4 is 6.03 Å². The highest BCUT2D eigenvalue weighted by molar-refractivity contribution is 5.74. The van der Waals surface area contributed by atoms with Crippen LogP contribution in [0.3, 0.4) is 0 Å². The van der Waals surface area contributed by atoms with Crippen LogP contribution in [0.4, 0.5) is 4.79 Å². The molecule has 2 N–H and O–H groups in total. The predicted molar refractivity (Wildman–Crippen MR) is 83.8 cm³/mol. The number of urea groups is 1. The zero-order valence-corrected chi connectivity index (χ0v) is 13.5. The van der Waals surface area contributed by atoms with Gasteiger partial charge in [-0.3, -0.25) is 4.90 Å². The van der Waals surface area contributed by atoms with Crippen molar-refractivity contribution in [2.45, 2.75) is 12.1 Å². The van der Waals surface area contributed by atoms with Gasteiger partial charge in [0.2, 0.25) is 0 Å². The topological polar surface area (TPSA) is 70.0 Å². The van der Waals surface area contributed by atoms with Crippen LogP contribution in [0.2, 0.25) is 0 Å². The van der Waals surface area contributed by atoms with Crippen LogP contribution in [-0.4, -0.2) is 75.9 Å². The van der Waals surface area contributed by atoms with E-state index >= 15 is 0 Å². The summed E-state index contributed by atoms with van der Waals surface area (Å²) in [6, 6.07) is 3.46. The summed E-state index contributed by atoms with van der Waals surface area (Å²) >= 11 is 0. The van der Waals surface area contributed by atoms with Crippen LogP contribution in [0, 0.1) is 0 Å². The monoisotopic (exact) mass is 310 g/mol. The lowest BCUT2D eigenvalue weighted by atomic mass is 10.2. The maximum Gasteiger partial charge on any atom is 0.315 e. The Morgan fingerprint density at radius 1 is 1.50 bits per heavy atom. The Balaban J connectivity index is 1.81. The molecule has 7 nitrogen and oxygen atoms in total. The second kappa shape index (κ2) is 8.17. The number of methoxy groups -OCH3 is 1. The van der Waals surface area contributed by atoms with Gasteiger partial charge in [0.05, 0.1) is 12.9 Å². The van der Waals surface area contributed by atoms with Gasteiger partial charge in [-0.25, -0.2) is 4.79 Å². The molecule has 0 unspecified atom stereocenters. The van der Waals surface area contributed by atoms with Gasteiger partial charge in [-0.15, -0.1) is 0 Å². The molecule has 0 saturated carbocycles. The van der Waals surface area contributed by atoms with Crippen LogP contribution in [0.1, 0.15) is 11.8 Å². The number of carbonyl (C=O) groups excluding carboxylic acids is 1. The first-order valence-electron chi connectivity index (χ1n) is 7.55. The van der Waals surface area contributed by atoms with Gasteiger partial charge in [0, 0.05) is 39.3 Å². The lowest BCUT2D eigenvalue weighted by Gasteiger charge is -2.37. The fourth-order valence-corrected chi connectivity index (χ4v) is 2.59. The van der Waals surface area contributed by atoms with E-state index in [1.165, 1.54) is 0 Å². The number of likely N-dealkylation sites (N-methyl/N-ethyl adjacent to an activating group) is 2. The lowest BCUT2D eigenvalue weighted by Crippen LogP contribution is -2.55. The highest BCUT2D eigenvalue weighted by Crippen LogP contribution is 2.13. The molecule has 2 rings (SSSR count). The van der Waals surface area contributed by atoms with Crippen molar-refractivity contribution in [3.05, 3.63) is 24.2 Å². The van der Waals surface area contributed by atoms with Crippen LogP contribution in [-0.2, 0) is 4.74 Å². The molecule has 1 aliphatic rings. The number of hydrogen-bond donors (Lipinski definition) is 2. The van der Waals surface area contributed by atoms with Gasteiger partial charge in [0.25, 0.3) is 0 Å². The average Bonchev–Trinajstić information content (AvgIpc) is 3.02. The zero-order valence-electron chi connectivity index (χ0n) is 13.5. The normalized spacial score (nSPS) is 21.5.